The third-order valence-corrected chi connectivity index (χ3v) is 3.57. The summed E-state index contributed by atoms with van der Waals surface area (Å²) >= 11 is 0. The van der Waals surface area contributed by atoms with Crippen molar-refractivity contribution in [2.45, 2.75) is 32.6 Å². The van der Waals surface area contributed by atoms with Gasteiger partial charge in [-0.1, -0.05) is 13.5 Å². The van der Waals surface area contributed by atoms with Gasteiger partial charge in [0.25, 0.3) is 0 Å². The van der Waals surface area contributed by atoms with Crippen LogP contribution in [0.1, 0.15) is 32.6 Å². The topological polar surface area (TPSA) is 26.3 Å². The molecule has 72 valence electrons. The molecule has 0 N–H and O–H groups in total. The van der Waals surface area contributed by atoms with E-state index in [1.807, 2.05) is 0 Å². The Bertz CT molecular complexity index is 229. The van der Waals surface area contributed by atoms with Gasteiger partial charge in [-0.2, -0.15) is 0 Å². The predicted octanol–water partition coefficient (Wildman–Crippen LogP) is 2.30. The maximum atomic E-state index is 11.6. The van der Waals surface area contributed by atoms with Gasteiger partial charge in [-0.05, 0) is 37.2 Å². The average Bonchev–Trinajstić information content (AvgIpc) is 2.39. The highest BCUT2D eigenvalue weighted by Gasteiger charge is 2.48. The van der Waals surface area contributed by atoms with Crippen molar-refractivity contribution in [1.29, 1.82) is 0 Å². The Hall–Kier alpha value is -0.790. The molecule has 1 aliphatic heterocycles. The summed E-state index contributed by atoms with van der Waals surface area (Å²) in [5, 5.41) is 0. The van der Waals surface area contributed by atoms with Crippen LogP contribution in [0.5, 0.6) is 0 Å². The molecule has 1 heterocycles. The molecule has 0 amide bonds. The van der Waals surface area contributed by atoms with Crippen molar-refractivity contribution in [3.8, 4) is 0 Å². The molecule has 1 spiro atoms. The minimum Gasteiger partial charge on any atom is -0.460 e. The van der Waals surface area contributed by atoms with Gasteiger partial charge in [0.1, 0.15) is 6.61 Å². The summed E-state index contributed by atoms with van der Waals surface area (Å²) in [5.74, 6) is 0.733. The standard InChI is InChI=1S/C11H16O2/c1-8-3-5-11(6-4-8)9(2)7-13-10(11)12/h8H,2-7H2,1H3. The molecule has 0 aromatic carbocycles. The van der Waals surface area contributed by atoms with Crippen molar-refractivity contribution in [3.63, 3.8) is 0 Å². The van der Waals surface area contributed by atoms with Crippen LogP contribution in [0, 0.1) is 11.3 Å². The molecular formula is C11H16O2. The fourth-order valence-corrected chi connectivity index (χ4v) is 2.39. The van der Waals surface area contributed by atoms with E-state index >= 15 is 0 Å². The number of esters is 1. The molecule has 2 nitrogen and oxygen atoms in total. The Morgan fingerprint density at radius 2 is 2.08 bits per heavy atom. The second-order valence-electron chi connectivity index (χ2n) is 4.44. The summed E-state index contributed by atoms with van der Waals surface area (Å²) in [6.45, 7) is 6.66. The Kier molecular flexibility index (Phi) is 1.94. The molecule has 2 rings (SSSR count). The summed E-state index contributed by atoms with van der Waals surface area (Å²) < 4.78 is 5.06. The van der Waals surface area contributed by atoms with Crippen LogP contribution in [0.4, 0.5) is 0 Å². The van der Waals surface area contributed by atoms with Crippen LogP contribution in [0.15, 0.2) is 12.2 Å². The van der Waals surface area contributed by atoms with Crippen LogP contribution in [0.2, 0.25) is 0 Å². The lowest BCUT2D eigenvalue weighted by Crippen LogP contribution is -2.32. The van der Waals surface area contributed by atoms with Gasteiger partial charge in [-0.25, -0.2) is 0 Å². The van der Waals surface area contributed by atoms with Gasteiger partial charge in [0.15, 0.2) is 0 Å². The number of hydrogen-bond donors (Lipinski definition) is 0. The largest absolute Gasteiger partial charge is 0.460 e. The summed E-state index contributed by atoms with van der Waals surface area (Å²) in [5.41, 5.74) is 0.719. The quantitative estimate of drug-likeness (QED) is 0.422. The molecule has 0 radical (unpaired) electrons. The fourth-order valence-electron chi connectivity index (χ4n) is 2.39. The summed E-state index contributed by atoms with van der Waals surface area (Å²) in [6.07, 6.45) is 4.17. The van der Waals surface area contributed by atoms with Gasteiger partial charge in [0.05, 0.1) is 5.41 Å². The molecule has 0 atom stereocenters. The van der Waals surface area contributed by atoms with Crippen LogP contribution >= 0.6 is 0 Å². The van der Waals surface area contributed by atoms with Gasteiger partial charge in [-0.3, -0.25) is 4.79 Å². The monoisotopic (exact) mass is 180 g/mol. The maximum Gasteiger partial charge on any atom is 0.316 e. The molecule has 1 aliphatic carbocycles. The van der Waals surface area contributed by atoms with E-state index in [1.165, 1.54) is 0 Å². The number of carbonyl (C=O) groups excluding carboxylic acids is 1. The van der Waals surface area contributed by atoms with Crippen LogP contribution in [0.25, 0.3) is 0 Å². The number of hydrogen-bond acceptors (Lipinski definition) is 2. The summed E-state index contributed by atoms with van der Waals surface area (Å²) in [4.78, 5) is 11.6. The number of rotatable bonds is 0. The van der Waals surface area contributed by atoms with E-state index in [-0.39, 0.29) is 11.4 Å². The second-order valence-corrected chi connectivity index (χ2v) is 4.44. The van der Waals surface area contributed by atoms with Gasteiger partial charge < -0.3 is 4.74 Å². The maximum absolute atomic E-state index is 11.6. The Balaban J connectivity index is 2.19. The SMILES string of the molecule is C=C1COC(=O)C12CCC(C)CC2. The zero-order valence-electron chi connectivity index (χ0n) is 8.14. The van der Waals surface area contributed by atoms with Crippen molar-refractivity contribution in [1.82, 2.24) is 0 Å². The normalized spacial score (nSPS) is 39.6. The molecule has 13 heavy (non-hydrogen) atoms. The molecule has 0 bridgehead atoms. The van der Waals surface area contributed by atoms with Crippen LogP contribution < -0.4 is 0 Å². The molecule has 0 aromatic heterocycles. The highest BCUT2D eigenvalue weighted by molar-refractivity contribution is 5.83. The first-order valence-electron chi connectivity index (χ1n) is 5.00. The molecular weight excluding hydrogens is 164 g/mol. The van der Waals surface area contributed by atoms with E-state index in [0.29, 0.717) is 6.61 Å². The molecule has 2 heteroatoms. The lowest BCUT2D eigenvalue weighted by Gasteiger charge is -2.33. The lowest BCUT2D eigenvalue weighted by molar-refractivity contribution is -0.147. The van der Waals surface area contributed by atoms with Crippen molar-refractivity contribution in [3.05, 3.63) is 12.2 Å². The Morgan fingerprint density at radius 3 is 2.54 bits per heavy atom. The van der Waals surface area contributed by atoms with E-state index in [4.69, 9.17) is 4.74 Å². The molecule has 1 saturated carbocycles. The van der Waals surface area contributed by atoms with Crippen molar-refractivity contribution >= 4 is 5.97 Å². The minimum atomic E-state index is -0.285. The summed E-state index contributed by atoms with van der Waals surface area (Å²) in [7, 11) is 0. The number of ether oxygens (including phenoxy) is 1. The van der Waals surface area contributed by atoms with Crippen molar-refractivity contribution in [2.24, 2.45) is 11.3 Å². The predicted molar refractivity (Wildman–Crippen MR) is 50.2 cm³/mol. The first-order chi connectivity index (χ1) is 6.15. The minimum absolute atomic E-state index is 0.0237. The number of cyclic esters (lactones) is 1. The Morgan fingerprint density at radius 1 is 1.46 bits per heavy atom. The highest BCUT2D eigenvalue weighted by Crippen LogP contribution is 2.47. The van der Waals surface area contributed by atoms with E-state index in [9.17, 15) is 4.79 Å². The third kappa shape index (κ3) is 1.19. The molecule has 0 aromatic rings. The van der Waals surface area contributed by atoms with E-state index < -0.39 is 0 Å². The van der Waals surface area contributed by atoms with Gasteiger partial charge in [-0.15, -0.1) is 0 Å². The number of carbonyl (C=O) groups is 1. The van der Waals surface area contributed by atoms with Crippen molar-refractivity contribution < 1.29 is 9.53 Å². The first-order valence-corrected chi connectivity index (χ1v) is 5.00. The van der Waals surface area contributed by atoms with Crippen LogP contribution in [-0.2, 0) is 9.53 Å². The zero-order chi connectivity index (χ0) is 9.47. The smallest absolute Gasteiger partial charge is 0.316 e. The van der Waals surface area contributed by atoms with E-state index in [0.717, 1.165) is 37.2 Å². The zero-order valence-corrected chi connectivity index (χ0v) is 8.14. The van der Waals surface area contributed by atoms with Crippen molar-refractivity contribution in [2.75, 3.05) is 6.61 Å². The first kappa shape index (κ1) is 8.79. The highest BCUT2D eigenvalue weighted by atomic mass is 16.5. The van der Waals surface area contributed by atoms with E-state index in [1.54, 1.807) is 0 Å². The molecule has 0 unspecified atom stereocenters. The van der Waals surface area contributed by atoms with Gasteiger partial charge in [0.2, 0.25) is 0 Å². The molecule has 2 aliphatic rings. The Labute approximate surface area is 79.0 Å². The lowest BCUT2D eigenvalue weighted by atomic mass is 9.68. The van der Waals surface area contributed by atoms with Crippen LogP contribution in [0.3, 0.4) is 0 Å². The summed E-state index contributed by atoms with van der Waals surface area (Å²) in [6, 6.07) is 0. The third-order valence-electron chi connectivity index (χ3n) is 3.57. The second kappa shape index (κ2) is 2.86. The van der Waals surface area contributed by atoms with Crippen LogP contribution in [-0.4, -0.2) is 12.6 Å². The fraction of sp³-hybridized carbons (Fsp3) is 0.727. The molecule has 2 fully saturated rings. The average molecular weight is 180 g/mol. The van der Waals surface area contributed by atoms with Gasteiger partial charge in [0, 0.05) is 0 Å². The van der Waals surface area contributed by atoms with E-state index in [2.05, 4.69) is 13.5 Å². The van der Waals surface area contributed by atoms with Gasteiger partial charge >= 0.3 is 5.97 Å². The molecule has 1 saturated heterocycles.